The summed E-state index contributed by atoms with van der Waals surface area (Å²) in [7, 11) is 0. The van der Waals surface area contributed by atoms with Crippen LogP contribution in [0, 0.1) is 5.82 Å². The van der Waals surface area contributed by atoms with Crippen LogP contribution in [0.4, 0.5) is 15.2 Å². The van der Waals surface area contributed by atoms with Crippen LogP contribution in [0.2, 0.25) is 0 Å². The lowest BCUT2D eigenvalue weighted by Crippen LogP contribution is -2.02. The maximum Gasteiger partial charge on any atom is 0.346 e. The number of hydrogen-bond acceptors (Lipinski definition) is 6. The molecule has 0 bridgehead atoms. The van der Waals surface area contributed by atoms with Gasteiger partial charge in [0, 0.05) is 15.5 Å². The predicted octanol–water partition coefficient (Wildman–Crippen LogP) is 4.96. The molecule has 124 valence electrons. The molecule has 4 rings (SSSR count). The van der Waals surface area contributed by atoms with Crippen LogP contribution < -0.4 is 10.9 Å². The summed E-state index contributed by atoms with van der Waals surface area (Å²) in [6.07, 6.45) is 0. The van der Waals surface area contributed by atoms with Crippen molar-refractivity contribution in [3.05, 3.63) is 69.2 Å². The fourth-order valence-corrected chi connectivity index (χ4v) is 3.43. The Morgan fingerprint density at radius 2 is 1.88 bits per heavy atom. The second kappa shape index (κ2) is 6.38. The first-order chi connectivity index (χ1) is 12.1. The van der Waals surface area contributed by atoms with Gasteiger partial charge in [0.25, 0.3) is 0 Å². The molecule has 0 saturated heterocycles. The highest BCUT2D eigenvalue weighted by Gasteiger charge is 2.13. The number of fused-ring (bicyclic) bond motifs is 1. The van der Waals surface area contributed by atoms with Crippen LogP contribution in [-0.4, -0.2) is 10.2 Å². The normalized spacial score (nSPS) is 11.0. The van der Waals surface area contributed by atoms with Crippen molar-refractivity contribution < 1.29 is 8.81 Å². The van der Waals surface area contributed by atoms with Gasteiger partial charge in [0.2, 0.25) is 5.13 Å². The van der Waals surface area contributed by atoms with E-state index in [1.807, 2.05) is 6.07 Å². The second-order valence-corrected chi connectivity index (χ2v) is 7.07. The number of hydrogen-bond donors (Lipinski definition) is 1. The molecule has 0 unspecified atom stereocenters. The topological polar surface area (TPSA) is 68.0 Å². The van der Waals surface area contributed by atoms with E-state index in [4.69, 9.17) is 4.42 Å². The molecule has 0 fully saturated rings. The number of anilines is 2. The molecule has 4 aromatic rings. The van der Waals surface area contributed by atoms with Crippen molar-refractivity contribution in [3.8, 4) is 10.6 Å². The average molecular weight is 418 g/mol. The Morgan fingerprint density at radius 1 is 1.08 bits per heavy atom. The molecule has 0 aliphatic heterocycles. The van der Waals surface area contributed by atoms with Gasteiger partial charge in [-0.25, -0.2) is 9.18 Å². The van der Waals surface area contributed by atoms with Crippen LogP contribution in [0.25, 0.3) is 21.5 Å². The van der Waals surface area contributed by atoms with Crippen molar-refractivity contribution in [2.24, 2.45) is 0 Å². The number of halogens is 2. The van der Waals surface area contributed by atoms with Crippen LogP contribution in [0.1, 0.15) is 0 Å². The summed E-state index contributed by atoms with van der Waals surface area (Å²) in [5, 5.41) is 12.8. The predicted molar refractivity (Wildman–Crippen MR) is 98.8 cm³/mol. The maximum atomic E-state index is 12.9. The average Bonchev–Trinajstić information content (AvgIpc) is 3.05. The molecule has 0 aliphatic rings. The summed E-state index contributed by atoms with van der Waals surface area (Å²) in [5.74, 6) is -0.316. The van der Waals surface area contributed by atoms with Crippen molar-refractivity contribution in [1.82, 2.24) is 10.2 Å². The number of benzene rings is 2. The first kappa shape index (κ1) is 15.9. The highest BCUT2D eigenvalue weighted by atomic mass is 79.9. The molecule has 0 aliphatic carbocycles. The summed E-state index contributed by atoms with van der Waals surface area (Å²) in [5.41, 5.74) is 1.05. The summed E-state index contributed by atoms with van der Waals surface area (Å²) < 4.78 is 19.2. The van der Waals surface area contributed by atoms with E-state index >= 15 is 0 Å². The summed E-state index contributed by atoms with van der Waals surface area (Å²) in [4.78, 5) is 12.2. The molecule has 1 N–H and O–H groups in total. The first-order valence-electron chi connectivity index (χ1n) is 7.18. The van der Waals surface area contributed by atoms with Crippen molar-refractivity contribution >= 4 is 49.1 Å². The van der Waals surface area contributed by atoms with Crippen molar-refractivity contribution in [2.75, 3.05) is 5.32 Å². The second-order valence-electron chi connectivity index (χ2n) is 5.17. The molecule has 8 heteroatoms. The minimum atomic E-state index is -0.473. The molecule has 0 amide bonds. The van der Waals surface area contributed by atoms with E-state index in [1.165, 1.54) is 23.5 Å². The van der Waals surface area contributed by atoms with Gasteiger partial charge in [0.1, 0.15) is 11.4 Å². The molecular formula is C17H9BrFN3O2S. The number of nitrogens with zero attached hydrogens (tertiary/aromatic N) is 2. The van der Waals surface area contributed by atoms with E-state index in [0.717, 1.165) is 9.86 Å². The quantitative estimate of drug-likeness (QED) is 0.477. The number of aromatic nitrogens is 2. The highest BCUT2D eigenvalue weighted by Crippen LogP contribution is 2.29. The smallest absolute Gasteiger partial charge is 0.346 e. The molecule has 0 spiro atoms. The summed E-state index contributed by atoms with van der Waals surface area (Å²) in [6, 6.07) is 13.0. The molecule has 0 saturated carbocycles. The van der Waals surface area contributed by atoms with E-state index in [1.54, 1.807) is 30.3 Å². The Kier molecular flexibility index (Phi) is 4.06. The molecule has 2 aromatic heterocycles. The van der Waals surface area contributed by atoms with E-state index in [2.05, 4.69) is 31.4 Å². The zero-order valence-corrected chi connectivity index (χ0v) is 14.9. The van der Waals surface area contributed by atoms with E-state index in [9.17, 15) is 9.18 Å². The highest BCUT2D eigenvalue weighted by molar-refractivity contribution is 9.10. The Labute approximate surface area is 153 Å². The van der Waals surface area contributed by atoms with E-state index in [0.29, 0.717) is 27.0 Å². The third-order valence-electron chi connectivity index (χ3n) is 3.45. The lowest BCUT2D eigenvalue weighted by atomic mass is 10.2. The van der Waals surface area contributed by atoms with E-state index < -0.39 is 5.63 Å². The maximum absolute atomic E-state index is 12.9. The van der Waals surface area contributed by atoms with Gasteiger partial charge in [0.15, 0.2) is 5.01 Å². The van der Waals surface area contributed by atoms with Gasteiger partial charge in [-0.15, -0.1) is 10.2 Å². The fourth-order valence-electron chi connectivity index (χ4n) is 2.28. The first-order valence-corrected chi connectivity index (χ1v) is 8.79. The van der Waals surface area contributed by atoms with Gasteiger partial charge in [0.05, 0.1) is 5.56 Å². The Balaban J connectivity index is 1.69. The van der Waals surface area contributed by atoms with Crippen molar-refractivity contribution in [1.29, 1.82) is 0 Å². The largest absolute Gasteiger partial charge is 0.422 e. The molecule has 0 radical (unpaired) electrons. The van der Waals surface area contributed by atoms with Crippen LogP contribution in [0.3, 0.4) is 0 Å². The monoisotopic (exact) mass is 417 g/mol. The minimum absolute atomic E-state index is 0.316. The van der Waals surface area contributed by atoms with Gasteiger partial charge >= 0.3 is 5.63 Å². The Morgan fingerprint density at radius 3 is 2.68 bits per heavy atom. The zero-order chi connectivity index (χ0) is 17.4. The van der Waals surface area contributed by atoms with E-state index in [-0.39, 0.29) is 5.82 Å². The standard InChI is InChI=1S/C17H9BrFN3O2S/c18-10-1-6-14-9(7-10)8-13(16(23)24-14)15-21-22-17(25-15)20-12-4-2-11(19)3-5-12/h1-8H,(H,20,22). The molecule has 25 heavy (non-hydrogen) atoms. The van der Waals surface area contributed by atoms with Crippen molar-refractivity contribution in [3.63, 3.8) is 0 Å². The Hall–Kier alpha value is -2.58. The van der Waals surface area contributed by atoms with Crippen LogP contribution >= 0.6 is 27.3 Å². The zero-order valence-electron chi connectivity index (χ0n) is 12.5. The van der Waals surface area contributed by atoms with Gasteiger partial charge in [-0.2, -0.15) is 0 Å². The lowest BCUT2D eigenvalue weighted by Gasteiger charge is -2.01. The van der Waals surface area contributed by atoms with Gasteiger partial charge in [-0.05, 0) is 48.5 Å². The fraction of sp³-hybridized carbons (Fsp3) is 0. The van der Waals surface area contributed by atoms with Crippen LogP contribution in [0.15, 0.2) is 62.2 Å². The molecule has 2 aromatic carbocycles. The molecular weight excluding hydrogens is 409 g/mol. The minimum Gasteiger partial charge on any atom is -0.422 e. The number of nitrogens with one attached hydrogen (secondary N) is 1. The number of rotatable bonds is 3. The SMILES string of the molecule is O=c1oc2ccc(Br)cc2cc1-c1nnc(Nc2ccc(F)cc2)s1. The molecule has 5 nitrogen and oxygen atoms in total. The molecule has 0 atom stereocenters. The third-order valence-corrected chi connectivity index (χ3v) is 4.81. The van der Waals surface area contributed by atoms with Gasteiger partial charge in [-0.3, -0.25) is 0 Å². The third kappa shape index (κ3) is 3.31. The van der Waals surface area contributed by atoms with Gasteiger partial charge < -0.3 is 9.73 Å². The summed E-state index contributed by atoms with van der Waals surface area (Å²) >= 11 is 4.61. The van der Waals surface area contributed by atoms with Gasteiger partial charge in [-0.1, -0.05) is 27.3 Å². The van der Waals surface area contributed by atoms with Crippen LogP contribution in [-0.2, 0) is 0 Å². The van der Waals surface area contributed by atoms with Crippen LogP contribution in [0.5, 0.6) is 0 Å². The lowest BCUT2D eigenvalue weighted by molar-refractivity contribution is 0.563. The van der Waals surface area contributed by atoms with Crippen molar-refractivity contribution in [2.45, 2.75) is 0 Å². The molecule has 2 heterocycles. The summed E-state index contributed by atoms with van der Waals surface area (Å²) in [6.45, 7) is 0. The Bertz CT molecular complexity index is 1120.